The van der Waals surface area contributed by atoms with E-state index in [1.807, 2.05) is 32.3 Å². The summed E-state index contributed by atoms with van der Waals surface area (Å²) in [5.41, 5.74) is 4.75. The van der Waals surface area contributed by atoms with Crippen LogP contribution >= 0.6 is 0 Å². The number of rotatable bonds is 8. The second-order valence-corrected chi connectivity index (χ2v) is 9.84. The fraction of sp³-hybridized carbons (Fsp3) is 0.290. The summed E-state index contributed by atoms with van der Waals surface area (Å²) < 4.78 is 0. The molecule has 0 radical (unpaired) electrons. The molecule has 184 valence electrons. The molecule has 2 N–H and O–H groups in total. The third-order valence-electron chi connectivity index (χ3n) is 6.91. The minimum absolute atomic E-state index is 0.412. The fourth-order valence-electron chi connectivity index (χ4n) is 4.86. The second kappa shape index (κ2) is 11.4. The van der Waals surface area contributed by atoms with Crippen LogP contribution < -0.4 is 15.5 Å². The summed E-state index contributed by atoms with van der Waals surface area (Å²) in [5, 5.41) is 8.46. The molecule has 1 saturated carbocycles. The van der Waals surface area contributed by atoms with E-state index >= 15 is 0 Å². The predicted octanol–water partition coefficient (Wildman–Crippen LogP) is 6.38. The van der Waals surface area contributed by atoms with Gasteiger partial charge in [-0.25, -0.2) is 4.98 Å². The molecule has 0 amide bonds. The largest absolute Gasteiger partial charge is 0.362 e. The highest BCUT2D eigenvalue weighted by atomic mass is 15.2. The van der Waals surface area contributed by atoms with Crippen LogP contribution in [0.5, 0.6) is 0 Å². The Labute approximate surface area is 214 Å². The van der Waals surface area contributed by atoms with E-state index in [2.05, 4.69) is 88.3 Å². The Hall–Kier alpha value is -3.70. The van der Waals surface area contributed by atoms with Crippen LogP contribution in [-0.2, 0) is 6.54 Å². The van der Waals surface area contributed by atoms with E-state index in [0.29, 0.717) is 12.1 Å². The SMILES string of the molecule is CN(C)c1nc(NC2CCC(NCc3ccc(/C=C/c4ccccc4)cc3)CC2)nc2ccccc12. The minimum Gasteiger partial charge on any atom is -0.362 e. The van der Waals surface area contributed by atoms with Gasteiger partial charge in [0.25, 0.3) is 0 Å². The van der Waals surface area contributed by atoms with Gasteiger partial charge in [0.05, 0.1) is 5.52 Å². The van der Waals surface area contributed by atoms with Crippen LogP contribution in [0.3, 0.4) is 0 Å². The van der Waals surface area contributed by atoms with E-state index in [4.69, 9.17) is 9.97 Å². The van der Waals surface area contributed by atoms with Crippen LogP contribution in [0.2, 0.25) is 0 Å². The van der Waals surface area contributed by atoms with Gasteiger partial charge in [0.15, 0.2) is 0 Å². The highest BCUT2D eigenvalue weighted by molar-refractivity contribution is 5.90. The Bertz CT molecular complexity index is 1290. The molecular weight excluding hydrogens is 442 g/mol. The molecule has 0 aliphatic heterocycles. The van der Waals surface area contributed by atoms with Crippen LogP contribution in [0.15, 0.2) is 78.9 Å². The van der Waals surface area contributed by atoms with E-state index in [-0.39, 0.29) is 0 Å². The van der Waals surface area contributed by atoms with Crippen molar-refractivity contribution in [2.75, 3.05) is 24.3 Å². The average Bonchev–Trinajstić information content (AvgIpc) is 2.92. The molecule has 5 nitrogen and oxygen atoms in total. The molecule has 0 bridgehead atoms. The molecule has 1 aliphatic rings. The average molecular weight is 478 g/mol. The summed E-state index contributed by atoms with van der Waals surface area (Å²) in [6, 6.07) is 28.4. The summed E-state index contributed by atoms with van der Waals surface area (Å²) in [5.74, 6) is 1.69. The summed E-state index contributed by atoms with van der Waals surface area (Å²) in [6.07, 6.45) is 8.88. The zero-order valence-electron chi connectivity index (χ0n) is 21.2. The molecule has 3 aromatic carbocycles. The standard InChI is InChI=1S/C31H35N5/c1-36(2)30-28-10-6-7-11-29(28)34-31(35-30)33-27-20-18-26(19-21-27)32-22-25-16-14-24(15-17-25)13-12-23-8-4-3-5-9-23/h3-17,26-27,32H,18-22H2,1-2H3,(H,33,34,35)/b13-12+. The van der Waals surface area contributed by atoms with Crippen molar-refractivity contribution in [1.29, 1.82) is 0 Å². The van der Waals surface area contributed by atoms with Crippen LogP contribution in [-0.4, -0.2) is 36.1 Å². The van der Waals surface area contributed by atoms with Gasteiger partial charge >= 0.3 is 0 Å². The zero-order valence-corrected chi connectivity index (χ0v) is 21.2. The third kappa shape index (κ3) is 6.10. The van der Waals surface area contributed by atoms with Crippen LogP contribution in [0.25, 0.3) is 23.1 Å². The number of nitrogens with zero attached hydrogens (tertiary/aromatic N) is 3. The quantitative estimate of drug-likeness (QED) is 0.289. The second-order valence-electron chi connectivity index (χ2n) is 9.84. The summed E-state index contributed by atoms with van der Waals surface area (Å²) in [7, 11) is 4.06. The Morgan fingerprint density at radius 1 is 0.750 bits per heavy atom. The molecule has 0 atom stereocenters. The van der Waals surface area contributed by atoms with Crippen molar-refractivity contribution in [3.8, 4) is 0 Å². The van der Waals surface area contributed by atoms with Gasteiger partial charge in [-0.05, 0) is 54.5 Å². The van der Waals surface area contributed by atoms with Gasteiger partial charge in [-0.3, -0.25) is 0 Å². The zero-order chi connectivity index (χ0) is 24.7. The summed E-state index contributed by atoms with van der Waals surface area (Å²) in [6.45, 7) is 0.908. The van der Waals surface area contributed by atoms with E-state index in [1.165, 1.54) is 16.7 Å². The monoisotopic (exact) mass is 477 g/mol. The van der Waals surface area contributed by atoms with Crippen molar-refractivity contribution in [3.63, 3.8) is 0 Å². The Morgan fingerprint density at radius 3 is 2.11 bits per heavy atom. The van der Waals surface area contributed by atoms with E-state index in [9.17, 15) is 0 Å². The molecule has 1 heterocycles. The highest BCUT2D eigenvalue weighted by Gasteiger charge is 2.22. The van der Waals surface area contributed by atoms with Gasteiger partial charge in [-0.2, -0.15) is 4.98 Å². The highest BCUT2D eigenvalue weighted by Crippen LogP contribution is 2.26. The van der Waals surface area contributed by atoms with Crippen LogP contribution in [0, 0.1) is 0 Å². The topological polar surface area (TPSA) is 53.1 Å². The van der Waals surface area contributed by atoms with E-state index in [1.54, 1.807) is 0 Å². The van der Waals surface area contributed by atoms with Gasteiger partial charge in [-0.1, -0.05) is 78.9 Å². The minimum atomic E-state index is 0.412. The Balaban J connectivity index is 1.10. The lowest BCUT2D eigenvalue weighted by atomic mass is 9.91. The maximum atomic E-state index is 4.81. The number of fused-ring (bicyclic) bond motifs is 1. The van der Waals surface area contributed by atoms with Crippen molar-refractivity contribution in [2.45, 2.75) is 44.3 Å². The number of hydrogen-bond donors (Lipinski definition) is 2. The van der Waals surface area contributed by atoms with Crippen LogP contribution in [0.1, 0.15) is 42.4 Å². The molecule has 36 heavy (non-hydrogen) atoms. The fourth-order valence-corrected chi connectivity index (χ4v) is 4.86. The lowest BCUT2D eigenvalue weighted by Crippen LogP contribution is -2.37. The number of hydrogen-bond acceptors (Lipinski definition) is 5. The number of benzene rings is 3. The van der Waals surface area contributed by atoms with Crippen molar-refractivity contribution in [3.05, 3.63) is 95.6 Å². The molecule has 0 spiro atoms. The number of nitrogens with one attached hydrogen (secondary N) is 2. The Morgan fingerprint density at radius 2 is 1.39 bits per heavy atom. The molecule has 4 aromatic rings. The maximum Gasteiger partial charge on any atom is 0.225 e. The smallest absolute Gasteiger partial charge is 0.225 e. The molecule has 1 fully saturated rings. The third-order valence-corrected chi connectivity index (χ3v) is 6.91. The van der Waals surface area contributed by atoms with Crippen molar-refractivity contribution < 1.29 is 0 Å². The predicted molar refractivity (Wildman–Crippen MR) is 152 cm³/mol. The molecular formula is C31H35N5. The first-order valence-electron chi connectivity index (χ1n) is 12.9. The van der Waals surface area contributed by atoms with E-state index in [0.717, 1.165) is 54.9 Å². The van der Waals surface area contributed by atoms with Crippen molar-refractivity contribution >= 4 is 34.8 Å². The number of para-hydroxylation sites is 1. The number of aromatic nitrogens is 2. The van der Waals surface area contributed by atoms with Gasteiger partial charge in [0.1, 0.15) is 5.82 Å². The summed E-state index contributed by atoms with van der Waals surface area (Å²) in [4.78, 5) is 11.6. The Kier molecular flexibility index (Phi) is 7.58. The molecule has 1 aromatic heterocycles. The lowest BCUT2D eigenvalue weighted by Gasteiger charge is -2.30. The first-order valence-corrected chi connectivity index (χ1v) is 12.9. The maximum absolute atomic E-state index is 4.81. The molecule has 0 saturated heterocycles. The van der Waals surface area contributed by atoms with Gasteiger partial charge in [0.2, 0.25) is 5.95 Å². The van der Waals surface area contributed by atoms with E-state index < -0.39 is 0 Å². The first kappa shape index (κ1) is 24.0. The van der Waals surface area contributed by atoms with Gasteiger partial charge in [0, 0.05) is 38.1 Å². The number of anilines is 2. The van der Waals surface area contributed by atoms with Gasteiger partial charge < -0.3 is 15.5 Å². The van der Waals surface area contributed by atoms with Crippen LogP contribution in [0.4, 0.5) is 11.8 Å². The van der Waals surface area contributed by atoms with Crippen molar-refractivity contribution in [2.24, 2.45) is 0 Å². The first-order chi connectivity index (χ1) is 17.6. The van der Waals surface area contributed by atoms with Crippen molar-refractivity contribution in [1.82, 2.24) is 15.3 Å². The molecule has 0 unspecified atom stereocenters. The molecule has 5 heteroatoms. The summed E-state index contributed by atoms with van der Waals surface area (Å²) >= 11 is 0. The normalized spacial score (nSPS) is 17.9. The lowest BCUT2D eigenvalue weighted by molar-refractivity contribution is 0.352. The molecule has 1 aliphatic carbocycles. The van der Waals surface area contributed by atoms with Gasteiger partial charge in [-0.15, -0.1) is 0 Å². The molecule has 5 rings (SSSR count).